The molecule has 0 bridgehead atoms. The molecule has 1 heterocycles. The van der Waals surface area contributed by atoms with E-state index in [0.717, 1.165) is 38.5 Å². The van der Waals surface area contributed by atoms with Crippen molar-refractivity contribution >= 4 is 0 Å². The van der Waals surface area contributed by atoms with Crippen molar-refractivity contribution in [2.75, 3.05) is 39.9 Å². The molecule has 1 aliphatic rings. The number of piperidine rings is 1. The van der Waals surface area contributed by atoms with Crippen molar-refractivity contribution in [2.45, 2.75) is 51.7 Å². The lowest BCUT2D eigenvalue weighted by atomic mass is 10.0. The summed E-state index contributed by atoms with van der Waals surface area (Å²) < 4.78 is 11.2. The third-order valence-electron chi connectivity index (χ3n) is 4.78. The predicted molar refractivity (Wildman–Crippen MR) is 100.0 cm³/mol. The van der Waals surface area contributed by atoms with E-state index >= 15 is 0 Å². The summed E-state index contributed by atoms with van der Waals surface area (Å²) >= 11 is 0. The average Bonchev–Trinajstić information content (AvgIpc) is 2.59. The number of hydrogen-bond acceptors (Lipinski definition) is 4. The fraction of sp³-hybridized carbons (Fsp3) is 0.700. The van der Waals surface area contributed by atoms with Crippen LogP contribution < -0.4 is 10.1 Å². The van der Waals surface area contributed by atoms with Crippen LogP contribution in [0, 0.1) is 0 Å². The Balaban J connectivity index is 1.65. The molecule has 0 amide bonds. The fourth-order valence-corrected chi connectivity index (χ4v) is 3.12. The third kappa shape index (κ3) is 6.42. The van der Waals surface area contributed by atoms with Crippen molar-refractivity contribution in [3.63, 3.8) is 0 Å². The van der Waals surface area contributed by atoms with Gasteiger partial charge in [0, 0.05) is 26.2 Å². The molecule has 4 heteroatoms. The van der Waals surface area contributed by atoms with Crippen molar-refractivity contribution in [3.8, 4) is 5.75 Å². The largest absolute Gasteiger partial charge is 0.489 e. The maximum atomic E-state index is 6.02. The highest BCUT2D eigenvalue weighted by Crippen LogP contribution is 2.19. The summed E-state index contributed by atoms with van der Waals surface area (Å²) in [5.41, 5.74) is 1.35. The van der Waals surface area contributed by atoms with Gasteiger partial charge in [-0.1, -0.05) is 26.0 Å². The van der Waals surface area contributed by atoms with Gasteiger partial charge in [-0.25, -0.2) is 0 Å². The van der Waals surface area contributed by atoms with Gasteiger partial charge >= 0.3 is 0 Å². The van der Waals surface area contributed by atoms with Crippen molar-refractivity contribution in [1.29, 1.82) is 0 Å². The summed E-state index contributed by atoms with van der Waals surface area (Å²) in [7, 11) is 1.77. The van der Waals surface area contributed by atoms with Crippen molar-refractivity contribution in [2.24, 2.45) is 0 Å². The summed E-state index contributed by atoms with van der Waals surface area (Å²) in [5, 5.41) is 3.66. The molecule has 1 fully saturated rings. The van der Waals surface area contributed by atoms with Crippen LogP contribution in [0.5, 0.6) is 5.75 Å². The molecule has 1 N–H and O–H groups in total. The quantitative estimate of drug-likeness (QED) is 0.751. The second kappa shape index (κ2) is 10.0. The molecular weight excluding hydrogens is 300 g/mol. The molecule has 1 aromatic rings. The highest BCUT2D eigenvalue weighted by Gasteiger charge is 2.19. The van der Waals surface area contributed by atoms with Crippen LogP contribution in [0.1, 0.15) is 45.1 Å². The molecule has 1 atom stereocenters. The van der Waals surface area contributed by atoms with Gasteiger partial charge in [0.15, 0.2) is 0 Å². The van der Waals surface area contributed by atoms with E-state index < -0.39 is 0 Å². The first kappa shape index (κ1) is 19.2. The molecule has 4 nitrogen and oxygen atoms in total. The molecule has 0 saturated carbocycles. The van der Waals surface area contributed by atoms with Crippen LogP contribution in [0.3, 0.4) is 0 Å². The number of ether oxygens (including phenoxy) is 2. The van der Waals surface area contributed by atoms with Crippen LogP contribution in [0.4, 0.5) is 0 Å². The van der Waals surface area contributed by atoms with Crippen LogP contribution in [-0.2, 0) is 4.74 Å². The van der Waals surface area contributed by atoms with E-state index in [9.17, 15) is 0 Å². The summed E-state index contributed by atoms with van der Waals surface area (Å²) in [6, 6.07) is 9.10. The number of likely N-dealkylation sites (tertiary alicyclic amines) is 1. The van der Waals surface area contributed by atoms with E-state index in [2.05, 4.69) is 55.3 Å². The number of methoxy groups -OCH3 is 1. The Morgan fingerprint density at radius 3 is 2.38 bits per heavy atom. The van der Waals surface area contributed by atoms with Gasteiger partial charge in [-0.05, 0) is 56.5 Å². The Kier molecular flexibility index (Phi) is 8.03. The Bertz CT molecular complexity index is 453. The van der Waals surface area contributed by atoms with Crippen LogP contribution >= 0.6 is 0 Å². The third-order valence-corrected chi connectivity index (χ3v) is 4.78. The lowest BCUT2D eigenvalue weighted by molar-refractivity contribution is 0.123. The molecule has 0 aromatic heterocycles. The smallest absolute Gasteiger partial charge is 0.119 e. The molecule has 2 rings (SSSR count). The monoisotopic (exact) mass is 334 g/mol. The van der Waals surface area contributed by atoms with E-state index in [1.54, 1.807) is 7.11 Å². The van der Waals surface area contributed by atoms with Gasteiger partial charge in [-0.3, -0.25) is 0 Å². The molecule has 1 saturated heterocycles. The maximum absolute atomic E-state index is 6.02. The minimum absolute atomic E-state index is 0.182. The topological polar surface area (TPSA) is 33.7 Å². The number of hydrogen-bond donors (Lipinski definition) is 1. The number of rotatable bonds is 9. The summed E-state index contributed by atoms with van der Waals surface area (Å²) in [6.07, 6.45) is 2.60. The van der Waals surface area contributed by atoms with E-state index in [0.29, 0.717) is 12.0 Å². The average molecular weight is 335 g/mol. The number of nitrogens with zero attached hydrogens (tertiary/aromatic N) is 1. The first-order valence-electron chi connectivity index (χ1n) is 9.29. The van der Waals surface area contributed by atoms with Crippen molar-refractivity contribution < 1.29 is 9.47 Å². The van der Waals surface area contributed by atoms with Gasteiger partial charge in [0.05, 0.1) is 6.61 Å². The van der Waals surface area contributed by atoms with Gasteiger partial charge in [0.1, 0.15) is 11.9 Å². The molecule has 1 aliphatic heterocycles. The predicted octanol–water partition coefficient (Wildman–Crippen LogP) is 3.28. The molecule has 1 unspecified atom stereocenters. The zero-order valence-corrected chi connectivity index (χ0v) is 15.8. The Morgan fingerprint density at radius 2 is 1.79 bits per heavy atom. The van der Waals surface area contributed by atoms with Crippen molar-refractivity contribution in [1.82, 2.24) is 10.2 Å². The van der Waals surface area contributed by atoms with Crippen LogP contribution in [-0.4, -0.2) is 56.9 Å². The van der Waals surface area contributed by atoms with E-state index in [4.69, 9.17) is 9.47 Å². The normalized spacial score (nSPS) is 18.0. The van der Waals surface area contributed by atoms with Crippen LogP contribution in [0.25, 0.3) is 0 Å². The van der Waals surface area contributed by atoms with Crippen molar-refractivity contribution in [3.05, 3.63) is 29.8 Å². The van der Waals surface area contributed by atoms with Crippen LogP contribution in [0.15, 0.2) is 24.3 Å². The Labute approximate surface area is 147 Å². The highest BCUT2D eigenvalue weighted by atomic mass is 16.5. The van der Waals surface area contributed by atoms with Gasteiger partial charge in [0.25, 0.3) is 0 Å². The van der Waals surface area contributed by atoms with E-state index in [-0.39, 0.29) is 6.10 Å². The molecule has 0 aliphatic carbocycles. The molecule has 24 heavy (non-hydrogen) atoms. The standard InChI is InChI=1S/C20H34N2O2/c1-16(2)18-5-7-20(8-6-18)24-17(3)15-21-19-9-11-22(12-10-19)13-14-23-4/h5-8,16-17,19,21H,9-15H2,1-4H3. The zero-order valence-electron chi connectivity index (χ0n) is 15.8. The van der Waals surface area contributed by atoms with E-state index in [1.165, 1.54) is 18.4 Å². The van der Waals surface area contributed by atoms with Gasteiger partial charge in [0.2, 0.25) is 0 Å². The van der Waals surface area contributed by atoms with Gasteiger partial charge in [-0.15, -0.1) is 0 Å². The van der Waals surface area contributed by atoms with Gasteiger partial charge < -0.3 is 19.7 Å². The Hall–Kier alpha value is -1.10. The zero-order chi connectivity index (χ0) is 17.4. The van der Waals surface area contributed by atoms with Gasteiger partial charge in [-0.2, -0.15) is 0 Å². The fourth-order valence-electron chi connectivity index (χ4n) is 3.12. The molecule has 0 radical (unpaired) electrons. The minimum Gasteiger partial charge on any atom is -0.489 e. The molecule has 136 valence electrons. The SMILES string of the molecule is COCCN1CCC(NCC(C)Oc2ccc(C(C)C)cc2)CC1. The summed E-state index contributed by atoms with van der Waals surface area (Å²) in [4.78, 5) is 2.48. The second-order valence-corrected chi connectivity index (χ2v) is 7.17. The lowest BCUT2D eigenvalue weighted by Gasteiger charge is -2.32. The first-order chi connectivity index (χ1) is 11.6. The highest BCUT2D eigenvalue weighted by molar-refractivity contribution is 5.29. The Morgan fingerprint density at radius 1 is 1.12 bits per heavy atom. The van der Waals surface area contributed by atoms with E-state index in [1.807, 2.05) is 0 Å². The van der Waals surface area contributed by atoms with Crippen LogP contribution in [0.2, 0.25) is 0 Å². The minimum atomic E-state index is 0.182. The lowest BCUT2D eigenvalue weighted by Crippen LogP contribution is -2.45. The number of nitrogens with one attached hydrogen (secondary N) is 1. The molecule has 0 spiro atoms. The number of benzene rings is 1. The summed E-state index contributed by atoms with van der Waals surface area (Å²) in [5.74, 6) is 1.52. The summed E-state index contributed by atoms with van der Waals surface area (Å²) in [6.45, 7) is 11.7. The maximum Gasteiger partial charge on any atom is 0.119 e. The second-order valence-electron chi connectivity index (χ2n) is 7.17. The molecule has 1 aromatic carbocycles. The first-order valence-corrected chi connectivity index (χ1v) is 9.29. The molecular formula is C20H34N2O2.